The molecule has 0 aromatic heterocycles. The summed E-state index contributed by atoms with van der Waals surface area (Å²) in [6.45, 7) is 0.122. The number of rotatable bonds is 2. The number of nitrogens with two attached hydrogens (primary N) is 1. The molecule has 2 atom stereocenters. The number of hydrogen-bond acceptors (Lipinski definition) is 3. The minimum absolute atomic E-state index is 0.122. The van der Waals surface area contributed by atoms with Crippen LogP contribution in [0.2, 0.25) is 0 Å². The summed E-state index contributed by atoms with van der Waals surface area (Å²) in [6.07, 6.45) is 4.25. The highest BCUT2D eigenvalue weighted by molar-refractivity contribution is 4.92. The topological polar surface area (TPSA) is 49.5 Å². The summed E-state index contributed by atoms with van der Waals surface area (Å²) in [4.78, 5) is 2.20. The van der Waals surface area contributed by atoms with Crippen LogP contribution in [0.4, 0.5) is 0 Å². The molecule has 3 nitrogen and oxygen atoms in total. The maximum atomic E-state index is 9.11. The Balaban J connectivity index is 2.51. The van der Waals surface area contributed by atoms with Crippen molar-refractivity contribution < 1.29 is 5.11 Å². The zero-order chi connectivity index (χ0) is 9.19. The first-order valence-corrected chi connectivity index (χ1v) is 4.63. The average Bonchev–Trinajstić information content (AvgIpc) is 2.05. The lowest BCUT2D eigenvalue weighted by atomic mass is 9.80. The van der Waals surface area contributed by atoms with Gasteiger partial charge in [-0.3, -0.25) is 0 Å². The first kappa shape index (κ1) is 9.96. The molecule has 1 aliphatic rings. The molecule has 0 spiro atoms. The first-order chi connectivity index (χ1) is 5.57. The molecule has 0 radical (unpaired) electrons. The summed E-state index contributed by atoms with van der Waals surface area (Å²) >= 11 is 0. The number of nitrogens with zero attached hydrogens (tertiary/aromatic N) is 1. The van der Waals surface area contributed by atoms with Crippen molar-refractivity contribution in [2.75, 3.05) is 20.7 Å². The van der Waals surface area contributed by atoms with E-state index < -0.39 is 0 Å². The van der Waals surface area contributed by atoms with Gasteiger partial charge in [-0.25, -0.2) is 0 Å². The van der Waals surface area contributed by atoms with Crippen LogP contribution in [0.15, 0.2) is 0 Å². The summed E-state index contributed by atoms with van der Waals surface area (Å²) in [7, 11) is 4.15. The molecule has 1 saturated carbocycles. The molecular formula is C9H20N2O. The maximum absolute atomic E-state index is 9.11. The van der Waals surface area contributed by atoms with Crippen molar-refractivity contribution in [3.05, 3.63) is 0 Å². The Labute approximate surface area is 74.5 Å². The molecule has 72 valence electrons. The smallest absolute Gasteiger partial charge is 0.0611 e. The molecule has 12 heavy (non-hydrogen) atoms. The second-order valence-electron chi connectivity index (χ2n) is 4.23. The van der Waals surface area contributed by atoms with Gasteiger partial charge in [-0.2, -0.15) is 0 Å². The fourth-order valence-corrected chi connectivity index (χ4v) is 1.95. The fourth-order valence-electron chi connectivity index (χ4n) is 1.95. The van der Waals surface area contributed by atoms with Crippen LogP contribution in [0.25, 0.3) is 0 Å². The highest BCUT2D eigenvalue weighted by atomic mass is 16.3. The normalized spacial score (nSPS) is 37.2. The molecule has 0 aromatic carbocycles. The van der Waals surface area contributed by atoms with E-state index in [1.165, 1.54) is 6.42 Å². The molecule has 1 rings (SSSR count). The minimum Gasteiger partial charge on any atom is -0.394 e. The molecule has 0 aliphatic heterocycles. The molecular weight excluding hydrogens is 152 g/mol. The highest BCUT2D eigenvalue weighted by Crippen LogP contribution is 2.27. The predicted molar refractivity (Wildman–Crippen MR) is 49.9 cm³/mol. The van der Waals surface area contributed by atoms with E-state index in [4.69, 9.17) is 10.8 Å². The van der Waals surface area contributed by atoms with Crippen LogP contribution >= 0.6 is 0 Å². The maximum Gasteiger partial charge on any atom is 0.0611 e. The lowest BCUT2D eigenvalue weighted by Gasteiger charge is -2.39. The Bertz CT molecular complexity index is 149. The van der Waals surface area contributed by atoms with Crippen LogP contribution in [0, 0.1) is 0 Å². The second kappa shape index (κ2) is 3.73. The predicted octanol–water partition coefficient (Wildman–Crippen LogP) is 0.180. The van der Waals surface area contributed by atoms with Crippen LogP contribution < -0.4 is 5.73 Å². The van der Waals surface area contributed by atoms with Gasteiger partial charge in [0.15, 0.2) is 0 Å². The van der Waals surface area contributed by atoms with Gasteiger partial charge in [0.25, 0.3) is 0 Å². The quantitative estimate of drug-likeness (QED) is 0.625. The van der Waals surface area contributed by atoms with Gasteiger partial charge in [0.2, 0.25) is 0 Å². The molecule has 0 amide bonds. The van der Waals surface area contributed by atoms with Crippen molar-refractivity contribution >= 4 is 0 Å². The van der Waals surface area contributed by atoms with E-state index in [-0.39, 0.29) is 12.1 Å². The van der Waals surface area contributed by atoms with Gasteiger partial charge in [-0.1, -0.05) is 0 Å². The third kappa shape index (κ3) is 2.19. The zero-order valence-electron chi connectivity index (χ0n) is 8.08. The second-order valence-corrected chi connectivity index (χ2v) is 4.23. The monoisotopic (exact) mass is 172 g/mol. The van der Waals surface area contributed by atoms with E-state index in [0.717, 1.165) is 19.3 Å². The summed E-state index contributed by atoms with van der Waals surface area (Å²) in [6, 6.07) is 0.552. The van der Waals surface area contributed by atoms with Crippen molar-refractivity contribution in [2.24, 2.45) is 5.73 Å². The van der Waals surface area contributed by atoms with E-state index >= 15 is 0 Å². The molecule has 0 heterocycles. The van der Waals surface area contributed by atoms with Gasteiger partial charge in [0.1, 0.15) is 0 Å². The molecule has 0 saturated heterocycles. The molecule has 0 bridgehead atoms. The Kier molecular flexibility index (Phi) is 3.09. The molecule has 0 aromatic rings. The van der Waals surface area contributed by atoms with Crippen molar-refractivity contribution in [1.82, 2.24) is 4.90 Å². The summed E-state index contributed by atoms with van der Waals surface area (Å²) < 4.78 is 0. The van der Waals surface area contributed by atoms with E-state index in [9.17, 15) is 0 Å². The standard InChI is InChI=1S/C9H20N2O/c1-11(2)8-4-3-5-9(10,6-8)7-12/h8,12H,3-7,10H2,1-2H3/t8-,9+/m0/s1. The van der Waals surface area contributed by atoms with Crippen molar-refractivity contribution in [2.45, 2.75) is 37.3 Å². The van der Waals surface area contributed by atoms with Crippen LogP contribution in [0.3, 0.4) is 0 Å². The van der Waals surface area contributed by atoms with E-state index in [1.54, 1.807) is 0 Å². The van der Waals surface area contributed by atoms with E-state index in [2.05, 4.69) is 19.0 Å². The summed E-state index contributed by atoms with van der Waals surface area (Å²) in [5.74, 6) is 0. The van der Waals surface area contributed by atoms with Gasteiger partial charge in [-0.05, 0) is 39.8 Å². The lowest BCUT2D eigenvalue weighted by molar-refractivity contribution is 0.106. The van der Waals surface area contributed by atoms with Gasteiger partial charge in [-0.15, -0.1) is 0 Å². The minimum atomic E-state index is -0.312. The Morgan fingerprint density at radius 2 is 2.25 bits per heavy atom. The molecule has 0 unspecified atom stereocenters. The van der Waals surface area contributed by atoms with Crippen LogP contribution in [0.5, 0.6) is 0 Å². The van der Waals surface area contributed by atoms with Gasteiger partial charge in [0.05, 0.1) is 6.61 Å². The third-order valence-corrected chi connectivity index (χ3v) is 2.90. The Morgan fingerprint density at radius 3 is 2.75 bits per heavy atom. The summed E-state index contributed by atoms with van der Waals surface area (Å²) in [5, 5.41) is 9.11. The SMILES string of the molecule is CN(C)[C@H]1CCC[C@](N)(CO)C1. The van der Waals surface area contributed by atoms with Crippen molar-refractivity contribution in [1.29, 1.82) is 0 Å². The average molecular weight is 172 g/mol. The third-order valence-electron chi connectivity index (χ3n) is 2.90. The lowest BCUT2D eigenvalue weighted by Crippen LogP contribution is -2.51. The van der Waals surface area contributed by atoms with Crippen molar-refractivity contribution in [3.8, 4) is 0 Å². The first-order valence-electron chi connectivity index (χ1n) is 4.63. The van der Waals surface area contributed by atoms with E-state index in [1.807, 2.05) is 0 Å². The van der Waals surface area contributed by atoms with Gasteiger partial charge in [0, 0.05) is 11.6 Å². The Hall–Kier alpha value is -0.120. The molecule has 3 N–H and O–H groups in total. The fraction of sp³-hybridized carbons (Fsp3) is 1.00. The van der Waals surface area contributed by atoms with Crippen LogP contribution in [-0.2, 0) is 0 Å². The van der Waals surface area contributed by atoms with Crippen molar-refractivity contribution in [3.63, 3.8) is 0 Å². The van der Waals surface area contributed by atoms with Crippen LogP contribution in [0.1, 0.15) is 25.7 Å². The number of aliphatic hydroxyl groups excluding tert-OH is 1. The molecule has 3 heteroatoms. The van der Waals surface area contributed by atoms with Gasteiger partial charge >= 0.3 is 0 Å². The zero-order valence-corrected chi connectivity index (χ0v) is 8.08. The Morgan fingerprint density at radius 1 is 1.58 bits per heavy atom. The van der Waals surface area contributed by atoms with E-state index in [0.29, 0.717) is 6.04 Å². The summed E-state index contributed by atoms with van der Waals surface area (Å²) in [5.41, 5.74) is 5.70. The van der Waals surface area contributed by atoms with Crippen LogP contribution in [-0.4, -0.2) is 42.3 Å². The molecule has 1 aliphatic carbocycles. The number of hydrogen-bond donors (Lipinski definition) is 2. The van der Waals surface area contributed by atoms with Gasteiger partial charge < -0.3 is 15.7 Å². The highest BCUT2D eigenvalue weighted by Gasteiger charge is 2.32. The number of aliphatic hydroxyl groups is 1. The molecule has 1 fully saturated rings. The largest absolute Gasteiger partial charge is 0.394 e.